The van der Waals surface area contributed by atoms with Gasteiger partial charge in [0, 0.05) is 12.5 Å². The number of carbonyl (C=O) groups is 1. The maximum atomic E-state index is 12.0. The normalized spacial score (nSPS) is 19.9. The quantitative estimate of drug-likeness (QED) is 0.710. The smallest absolute Gasteiger partial charge is 0.220 e. The van der Waals surface area contributed by atoms with E-state index in [4.69, 9.17) is 5.73 Å². The molecule has 0 saturated heterocycles. The van der Waals surface area contributed by atoms with Crippen LogP contribution in [0.15, 0.2) is 0 Å². The summed E-state index contributed by atoms with van der Waals surface area (Å²) in [5.74, 6) is 1.54. The van der Waals surface area contributed by atoms with Crippen molar-refractivity contribution in [3.05, 3.63) is 0 Å². The lowest BCUT2D eigenvalue weighted by atomic mass is 9.84. The molecule has 0 radical (unpaired) electrons. The Bertz CT molecular complexity index is 249. The number of rotatable bonds is 8. The molecule has 1 fully saturated rings. The van der Waals surface area contributed by atoms with Crippen LogP contribution in [0, 0.1) is 11.8 Å². The zero-order valence-electron chi connectivity index (χ0n) is 12.8. The average molecular weight is 268 g/mol. The minimum absolute atomic E-state index is 0.230. The monoisotopic (exact) mass is 268 g/mol. The lowest BCUT2D eigenvalue weighted by Crippen LogP contribution is -2.38. The minimum atomic E-state index is 0.230. The van der Waals surface area contributed by atoms with Gasteiger partial charge in [-0.2, -0.15) is 0 Å². The molecule has 1 saturated carbocycles. The fourth-order valence-corrected chi connectivity index (χ4v) is 3.20. The predicted molar refractivity (Wildman–Crippen MR) is 80.9 cm³/mol. The van der Waals surface area contributed by atoms with Crippen LogP contribution < -0.4 is 11.1 Å². The molecule has 1 aliphatic rings. The van der Waals surface area contributed by atoms with E-state index < -0.39 is 0 Å². The maximum Gasteiger partial charge on any atom is 0.220 e. The molecule has 0 heterocycles. The first-order valence-corrected chi connectivity index (χ1v) is 8.16. The Morgan fingerprint density at radius 3 is 2.53 bits per heavy atom. The molecule has 0 aromatic carbocycles. The van der Waals surface area contributed by atoms with Gasteiger partial charge in [0.05, 0.1) is 0 Å². The van der Waals surface area contributed by atoms with Crippen LogP contribution in [0.5, 0.6) is 0 Å². The Morgan fingerprint density at radius 2 is 1.95 bits per heavy atom. The van der Waals surface area contributed by atoms with Crippen molar-refractivity contribution in [1.29, 1.82) is 0 Å². The number of hydrogen-bond donors (Lipinski definition) is 2. The molecular weight excluding hydrogens is 236 g/mol. The number of amides is 1. The van der Waals surface area contributed by atoms with Gasteiger partial charge in [0.2, 0.25) is 5.91 Å². The molecule has 1 amide bonds. The Kier molecular flexibility index (Phi) is 8.11. The van der Waals surface area contributed by atoms with E-state index in [0.717, 1.165) is 25.8 Å². The van der Waals surface area contributed by atoms with Crippen molar-refractivity contribution in [2.45, 2.75) is 77.7 Å². The van der Waals surface area contributed by atoms with Gasteiger partial charge in [-0.15, -0.1) is 0 Å². The summed E-state index contributed by atoms with van der Waals surface area (Å²) in [6.07, 6.45) is 10.4. The summed E-state index contributed by atoms with van der Waals surface area (Å²) in [5, 5.41) is 3.20. The summed E-state index contributed by atoms with van der Waals surface area (Å²) in [4.78, 5) is 12.0. The molecule has 3 nitrogen and oxygen atoms in total. The Hall–Kier alpha value is -0.570. The summed E-state index contributed by atoms with van der Waals surface area (Å²) in [7, 11) is 0. The summed E-state index contributed by atoms with van der Waals surface area (Å²) in [6, 6.07) is 0.349. The van der Waals surface area contributed by atoms with E-state index in [0.29, 0.717) is 24.3 Å². The van der Waals surface area contributed by atoms with Crippen molar-refractivity contribution in [3.8, 4) is 0 Å². The zero-order valence-corrected chi connectivity index (χ0v) is 12.8. The minimum Gasteiger partial charge on any atom is -0.353 e. The van der Waals surface area contributed by atoms with Crippen LogP contribution in [0.25, 0.3) is 0 Å². The first-order valence-electron chi connectivity index (χ1n) is 8.16. The Balaban J connectivity index is 2.21. The Labute approximate surface area is 118 Å². The molecular formula is C16H32N2O. The van der Waals surface area contributed by atoms with E-state index in [-0.39, 0.29) is 5.91 Å². The highest BCUT2D eigenvalue weighted by Crippen LogP contribution is 2.26. The average Bonchev–Trinajstić information content (AvgIpc) is 2.44. The molecule has 1 aliphatic carbocycles. The van der Waals surface area contributed by atoms with Crippen molar-refractivity contribution in [3.63, 3.8) is 0 Å². The molecule has 19 heavy (non-hydrogen) atoms. The number of hydrogen-bond acceptors (Lipinski definition) is 2. The molecule has 112 valence electrons. The van der Waals surface area contributed by atoms with Crippen LogP contribution in [0.1, 0.15) is 71.6 Å². The van der Waals surface area contributed by atoms with Gasteiger partial charge in [0.25, 0.3) is 0 Å². The van der Waals surface area contributed by atoms with E-state index >= 15 is 0 Å². The molecule has 0 spiro atoms. The standard InChI is InChI=1S/C16H32N2O/c1-3-14(11-12-17)9-10-16(19)18-13(2)15-7-5-4-6-8-15/h13-15H,3-12,17H2,1-2H3,(H,18,19)/t13-,14?/m1/s1. The summed E-state index contributed by atoms with van der Waals surface area (Å²) in [5.41, 5.74) is 5.59. The zero-order chi connectivity index (χ0) is 14.1. The number of nitrogens with one attached hydrogen (secondary N) is 1. The van der Waals surface area contributed by atoms with Gasteiger partial charge in [-0.25, -0.2) is 0 Å². The fourth-order valence-electron chi connectivity index (χ4n) is 3.20. The van der Waals surface area contributed by atoms with Gasteiger partial charge in [-0.1, -0.05) is 32.6 Å². The second kappa shape index (κ2) is 9.35. The van der Waals surface area contributed by atoms with E-state index in [9.17, 15) is 4.79 Å². The van der Waals surface area contributed by atoms with Crippen molar-refractivity contribution >= 4 is 5.91 Å². The third-order valence-corrected chi connectivity index (χ3v) is 4.68. The highest BCUT2D eigenvalue weighted by Gasteiger charge is 2.21. The summed E-state index contributed by atoms with van der Waals surface area (Å²) < 4.78 is 0. The lowest BCUT2D eigenvalue weighted by molar-refractivity contribution is -0.122. The lowest BCUT2D eigenvalue weighted by Gasteiger charge is -2.28. The molecule has 0 aromatic rings. The summed E-state index contributed by atoms with van der Waals surface area (Å²) in [6.45, 7) is 5.09. The van der Waals surface area contributed by atoms with Crippen LogP contribution in [0.2, 0.25) is 0 Å². The van der Waals surface area contributed by atoms with E-state index in [1.807, 2.05) is 0 Å². The summed E-state index contributed by atoms with van der Waals surface area (Å²) >= 11 is 0. The van der Waals surface area contributed by atoms with Gasteiger partial charge < -0.3 is 11.1 Å². The third kappa shape index (κ3) is 6.42. The second-order valence-electron chi connectivity index (χ2n) is 6.14. The molecule has 1 rings (SSSR count). The van der Waals surface area contributed by atoms with E-state index in [1.54, 1.807) is 0 Å². The molecule has 3 heteroatoms. The highest BCUT2D eigenvalue weighted by atomic mass is 16.1. The molecule has 3 N–H and O–H groups in total. The highest BCUT2D eigenvalue weighted by molar-refractivity contribution is 5.76. The third-order valence-electron chi connectivity index (χ3n) is 4.68. The largest absolute Gasteiger partial charge is 0.353 e. The van der Waals surface area contributed by atoms with Crippen molar-refractivity contribution in [2.24, 2.45) is 17.6 Å². The van der Waals surface area contributed by atoms with Crippen LogP contribution in [-0.4, -0.2) is 18.5 Å². The van der Waals surface area contributed by atoms with Gasteiger partial charge in [0.1, 0.15) is 0 Å². The first-order chi connectivity index (χ1) is 9.17. The first kappa shape index (κ1) is 16.5. The SMILES string of the molecule is CCC(CCN)CCC(=O)N[C@H](C)C1CCCCC1. The molecule has 0 aliphatic heterocycles. The van der Waals surface area contributed by atoms with Gasteiger partial charge >= 0.3 is 0 Å². The molecule has 1 unspecified atom stereocenters. The van der Waals surface area contributed by atoms with E-state index in [1.165, 1.54) is 32.1 Å². The number of carbonyl (C=O) groups excluding carboxylic acids is 1. The van der Waals surface area contributed by atoms with Gasteiger partial charge in [-0.05, 0) is 51.0 Å². The second-order valence-corrected chi connectivity index (χ2v) is 6.14. The van der Waals surface area contributed by atoms with E-state index in [2.05, 4.69) is 19.2 Å². The van der Waals surface area contributed by atoms with Crippen LogP contribution >= 0.6 is 0 Å². The molecule has 0 bridgehead atoms. The van der Waals surface area contributed by atoms with Crippen LogP contribution in [0.4, 0.5) is 0 Å². The molecule has 0 aromatic heterocycles. The van der Waals surface area contributed by atoms with Crippen LogP contribution in [-0.2, 0) is 4.79 Å². The topological polar surface area (TPSA) is 55.1 Å². The van der Waals surface area contributed by atoms with Crippen molar-refractivity contribution in [2.75, 3.05) is 6.54 Å². The van der Waals surface area contributed by atoms with Crippen molar-refractivity contribution < 1.29 is 4.79 Å². The van der Waals surface area contributed by atoms with Crippen LogP contribution in [0.3, 0.4) is 0 Å². The van der Waals surface area contributed by atoms with Gasteiger partial charge in [-0.3, -0.25) is 4.79 Å². The van der Waals surface area contributed by atoms with Crippen molar-refractivity contribution in [1.82, 2.24) is 5.32 Å². The van der Waals surface area contributed by atoms with Gasteiger partial charge in [0.15, 0.2) is 0 Å². The molecule has 2 atom stereocenters. The maximum absolute atomic E-state index is 12.0. The number of nitrogens with two attached hydrogens (primary N) is 1. The Morgan fingerprint density at radius 1 is 1.26 bits per heavy atom. The predicted octanol–water partition coefficient (Wildman–Crippen LogP) is 3.23. The fraction of sp³-hybridized carbons (Fsp3) is 0.938.